The fraction of sp³-hybridized carbons (Fsp3) is 0. The third-order valence-corrected chi connectivity index (χ3v) is 2.08. The Morgan fingerprint density at radius 2 is 2.12 bits per heavy atom. The second-order valence-corrected chi connectivity index (χ2v) is 3.60. The minimum Gasteiger partial charge on any atom is -0.375 e. The van der Waals surface area contributed by atoms with Gasteiger partial charge in [0.1, 0.15) is 0 Å². The van der Waals surface area contributed by atoms with Gasteiger partial charge in [0, 0.05) is 5.39 Å². The van der Waals surface area contributed by atoms with Crippen LogP contribution in [0, 0.1) is 0 Å². The average molecular weight is 230 g/mol. The number of pyridine rings is 1. The van der Waals surface area contributed by atoms with E-state index in [9.17, 15) is 0 Å². The number of rotatable bonds is 2. The van der Waals surface area contributed by atoms with Gasteiger partial charge in [-0.15, -0.1) is 0 Å². The average Bonchev–Trinajstić information content (AvgIpc) is 2.28. The zero-order chi connectivity index (χ0) is 11.4. The van der Waals surface area contributed by atoms with E-state index in [-0.39, 0.29) is 5.11 Å². The first kappa shape index (κ1) is 10.5. The highest BCUT2D eigenvalue weighted by Gasteiger charge is 1.94. The summed E-state index contributed by atoms with van der Waals surface area (Å²) in [7, 11) is 0. The first-order valence-electron chi connectivity index (χ1n) is 4.70. The molecular weight excluding hydrogens is 220 g/mol. The number of hydrogen-bond acceptors (Lipinski definition) is 3. The van der Waals surface area contributed by atoms with Gasteiger partial charge in [-0.25, -0.2) is 4.98 Å². The van der Waals surface area contributed by atoms with Crippen molar-refractivity contribution in [3.05, 3.63) is 42.1 Å². The summed E-state index contributed by atoms with van der Waals surface area (Å²) in [5.74, 6) is 0. The van der Waals surface area contributed by atoms with Gasteiger partial charge in [0.15, 0.2) is 5.11 Å². The van der Waals surface area contributed by atoms with Crippen molar-refractivity contribution in [2.24, 2.45) is 10.8 Å². The van der Waals surface area contributed by atoms with Crippen molar-refractivity contribution in [1.29, 1.82) is 0 Å². The van der Waals surface area contributed by atoms with Crippen LogP contribution < -0.4 is 11.2 Å². The lowest BCUT2D eigenvalue weighted by molar-refractivity contribution is 1.04. The monoisotopic (exact) mass is 230 g/mol. The van der Waals surface area contributed by atoms with E-state index >= 15 is 0 Å². The summed E-state index contributed by atoms with van der Waals surface area (Å²) >= 11 is 4.62. The molecular formula is C11H10N4S. The van der Waals surface area contributed by atoms with Gasteiger partial charge < -0.3 is 5.73 Å². The maximum Gasteiger partial charge on any atom is 0.184 e. The third kappa shape index (κ3) is 2.52. The molecule has 0 saturated carbocycles. The van der Waals surface area contributed by atoms with Crippen molar-refractivity contribution >= 4 is 34.4 Å². The van der Waals surface area contributed by atoms with Gasteiger partial charge in [0.05, 0.1) is 17.4 Å². The summed E-state index contributed by atoms with van der Waals surface area (Å²) in [4.78, 5) is 4.40. The Balaban J connectivity index is 2.26. The Labute approximate surface area is 98.2 Å². The molecule has 0 spiro atoms. The quantitative estimate of drug-likeness (QED) is 0.465. The maximum atomic E-state index is 5.23. The molecule has 0 bridgehead atoms. The number of aromatic nitrogens is 1. The number of nitrogens with one attached hydrogen (secondary N) is 1. The van der Waals surface area contributed by atoms with Gasteiger partial charge in [-0.3, -0.25) is 5.43 Å². The van der Waals surface area contributed by atoms with Crippen molar-refractivity contribution in [2.75, 3.05) is 0 Å². The summed E-state index contributed by atoms with van der Waals surface area (Å²) in [5, 5.41) is 5.08. The van der Waals surface area contributed by atoms with Crippen LogP contribution in [0.2, 0.25) is 0 Å². The predicted octanol–water partition coefficient (Wildman–Crippen LogP) is 1.40. The molecule has 16 heavy (non-hydrogen) atoms. The normalized spacial score (nSPS) is 10.8. The van der Waals surface area contributed by atoms with Crippen molar-refractivity contribution in [3.8, 4) is 0 Å². The zero-order valence-electron chi connectivity index (χ0n) is 8.42. The molecule has 4 nitrogen and oxygen atoms in total. The van der Waals surface area contributed by atoms with Crippen LogP contribution in [-0.2, 0) is 0 Å². The van der Waals surface area contributed by atoms with Crippen LogP contribution in [0.3, 0.4) is 0 Å². The lowest BCUT2D eigenvalue weighted by Crippen LogP contribution is -2.24. The molecule has 0 saturated heterocycles. The molecule has 80 valence electrons. The van der Waals surface area contributed by atoms with Crippen molar-refractivity contribution in [1.82, 2.24) is 10.4 Å². The predicted molar refractivity (Wildman–Crippen MR) is 69.3 cm³/mol. The Morgan fingerprint density at radius 3 is 2.94 bits per heavy atom. The van der Waals surface area contributed by atoms with Gasteiger partial charge in [0.25, 0.3) is 0 Å². The Hall–Kier alpha value is -2.01. The Bertz CT molecular complexity index is 550. The number of thiocarbonyl (C=S) groups is 1. The summed E-state index contributed by atoms with van der Waals surface area (Å²) in [5.41, 5.74) is 9.40. The topological polar surface area (TPSA) is 63.3 Å². The molecule has 0 atom stereocenters. The van der Waals surface area contributed by atoms with Gasteiger partial charge in [-0.2, -0.15) is 5.10 Å². The molecule has 0 aliphatic carbocycles. The van der Waals surface area contributed by atoms with Crippen LogP contribution in [0.5, 0.6) is 0 Å². The lowest BCUT2D eigenvalue weighted by atomic mass is 10.2. The Morgan fingerprint density at radius 1 is 1.31 bits per heavy atom. The number of fused-ring (bicyclic) bond motifs is 1. The third-order valence-electron chi connectivity index (χ3n) is 1.99. The smallest absolute Gasteiger partial charge is 0.184 e. The SMILES string of the molecule is NC(=S)N/N=C/c1ccc2ccccc2n1. The molecule has 1 aromatic carbocycles. The highest BCUT2D eigenvalue weighted by atomic mass is 32.1. The highest BCUT2D eigenvalue weighted by molar-refractivity contribution is 7.80. The van der Waals surface area contributed by atoms with Crippen LogP contribution in [0.25, 0.3) is 10.9 Å². The van der Waals surface area contributed by atoms with Gasteiger partial charge in [-0.05, 0) is 24.4 Å². The van der Waals surface area contributed by atoms with Crippen LogP contribution in [0.1, 0.15) is 5.69 Å². The Kier molecular flexibility index (Phi) is 3.07. The van der Waals surface area contributed by atoms with E-state index < -0.39 is 0 Å². The van der Waals surface area contributed by atoms with E-state index in [1.165, 1.54) is 0 Å². The molecule has 2 aromatic rings. The van der Waals surface area contributed by atoms with Gasteiger partial charge in [0.2, 0.25) is 0 Å². The van der Waals surface area contributed by atoms with Crippen LogP contribution in [-0.4, -0.2) is 16.3 Å². The molecule has 2 rings (SSSR count). The number of hydrazone groups is 1. The van der Waals surface area contributed by atoms with Gasteiger partial charge >= 0.3 is 0 Å². The second kappa shape index (κ2) is 4.67. The zero-order valence-corrected chi connectivity index (χ0v) is 9.24. The minimum atomic E-state index is 0.136. The molecule has 0 amide bonds. The molecule has 5 heteroatoms. The summed E-state index contributed by atoms with van der Waals surface area (Å²) in [6, 6.07) is 11.8. The molecule has 1 heterocycles. The largest absolute Gasteiger partial charge is 0.375 e. The standard InChI is InChI=1S/C11H10N4S/c12-11(16)15-13-7-9-6-5-8-3-1-2-4-10(8)14-9/h1-7H,(H3,12,15,16)/b13-7+. The maximum absolute atomic E-state index is 5.23. The summed E-state index contributed by atoms with van der Waals surface area (Å²) in [6.07, 6.45) is 1.58. The van der Waals surface area contributed by atoms with E-state index in [1.807, 2.05) is 36.4 Å². The first-order chi connectivity index (χ1) is 7.75. The van der Waals surface area contributed by atoms with Crippen LogP contribution >= 0.6 is 12.2 Å². The number of nitrogens with two attached hydrogens (primary N) is 1. The highest BCUT2D eigenvalue weighted by Crippen LogP contribution is 2.10. The number of nitrogens with zero attached hydrogens (tertiary/aromatic N) is 2. The fourth-order valence-electron chi connectivity index (χ4n) is 1.32. The van der Waals surface area contributed by atoms with Crippen molar-refractivity contribution < 1.29 is 0 Å². The minimum absolute atomic E-state index is 0.136. The molecule has 3 N–H and O–H groups in total. The van der Waals surface area contributed by atoms with Crippen molar-refractivity contribution in [2.45, 2.75) is 0 Å². The number of benzene rings is 1. The van der Waals surface area contributed by atoms with Crippen LogP contribution in [0.15, 0.2) is 41.5 Å². The molecule has 0 radical (unpaired) electrons. The fourth-order valence-corrected chi connectivity index (χ4v) is 1.37. The van der Waals surface area contributed by atoms with E-state index in [1.54, 1.807) is 6.21 Å². The van der Waals surface area contributed by atoms with E-state index in [4.69, 9.17) is 5.73 Å². The van der Waals surface area contributed by atoms with Crippen LogP contribution in [0.4, 0.5) is 0 Å². The summed E-state index contributed by atoms with van der Waals surface area (Å²) < 4.78 is 0. The molecule has 0 aliphatic rings. The van der Waals surface area contributed by atoms with Crippen molar-refractivity contribution in [3.63, 3.8) is 0 Å². The van der Waals surface area contributed by atoms with E-state index in [0.29, 0.717) is 0 Å². The molecule has 0 aliphatic heterocycles. The van der Waals surface area contributed by atoms with E-state index in [0.717, 1.165) is 16.6 Å². The number of para-hydroxylation sites is 1. The second-order valence-electron chi connectivity index (χ2n) is 3.16. The molecule has 1 aromatic heterocycles. The summed E-state index contributed by atoms with van der Waals surface area (Å²) in [6.45, 7) is 0. The van der Waals surface area contributed by atoms with E-state index in [2.05, 4.69) is 27.7 Å². The number of hydrogen-bond donors (Lipinski definition) is 2. The molecule has 0 unspecified atom stereocenters. The molecule has 0 fully saturated rings. The first-order valence-corrected chi connectivity index (χ1v) is 5.11. The lowest BCUT2D eigenvalue weighted by Gasteiger charge is -1.98. The van der Waals surface area contributed by atoms with Gasteiger partial charge in [-0.1, -0.05) is 24.3 Å².